The number of aliphatic hydroxyl groups is 1. The van der Waals surface area contributed by atoms with Gasteiger partial charge in [0.25, 0.3) is 0 Å². The van der Waals surface area contributed by atoms with Crippen molar-refractivity contribution in [1.82, 2.24) is 15.2 Å². The van der Waals surface area contributed by atoms with Gasteiger partial charge in [0.1, 0.15) is 0 Å². The molecule has 0 radical (unpaired) electrons. The highest BCUT2D eigenvalue weighted by Gasteiger charge is 2.41. The summed E-state index contributed by atoms with van der Waals surface area (Å²) in [6, 6.07) is 7.53. The van der Waals surface area contributed by atoms with Gasteiger partial charge < -0.3 is 14.8 Å². The second kappa shape index (κ2) is 6.98. The minimum Gasteiger partial charge on any atom is -0.444 e. The summed E-state index contributed by atoms with van der Waals surface area (Å²) in [5.41, 5.74) is 1.81. The molecule has 2 atom stereocenters. The highest BCUT2D eigenvalue weighted by molar-refractivity contribution is 5.82. The van der Waals surface area contributed by atoms with E-state index < -0.39 is 6.10 Å². The molecule has 0 aliphatic carbocycles. The minimum absolute atomic E-state index is 0.0363. The number of carbonyl (C=O) groups is 1. The molecule has 134 valence electrons. The number of carbonyl (C=O) groups excluding carboxylic acids is 1. The van der Waals surface area contributed by atoms with Crippen LogP contribution in [-0.4, -0.2) is 45.1 Å². The van der Waals surface area contributed by atoms with Gasteiger partial charge in [0.2, 0.25) is 5.91 Å². The molecule has 2 heterocycles. The Balaban J connectivity index is 1.60. The number of nitrogens with zero attached hydrogens (tertiary/aromatic N) is 2. The minimum atomic E-state index is -0.448. The van der Waals surface area contributed by atoms with Crippen molar-refractivity contribution in [2.24, 2.45) is 0 Å². The lowest BCUT2D eigenvalue weighted by Crippen LogP contribution is -2.51. The van der Waals surface area contributed by atoms with E-state index in [1.54, 1.807) is 6.20 Å². The van der Waals surface area contributed by atoms with Crippen LogP contribution in [0.2, 0.25) is 0 Å². The summed E-state index contributed by atoms with van der Waals surface area (Å²) in [5.74, 6) is 0.683. The zero-order valence-electron chi connectivity index (χ0n) is 14.9. The lowest BCUT2D eigenvalue weighted by molar-refractivity contribution is -0.127. The number of aromatic nitrogens is 1. The average Bonchev–Trinajstić information content (AvgIpc) is 3.22. The van der Waals surface area contributed by atoms with E-state index in [-0.39, 0.29) is 17.5 Å². The predicted octanol–water partition coefficient (Wildman–Crippen LogP) is 2.19. The number of β-amino-alcohol motifs (C(OH)–C–C–N with tert-alkyl or cyclic N) is 1. The molecule has 0 saturated carbocycles. The van der Waals surface area contributed by atoms with Gasteiger partial charge in [-0.3, -0.25) is 9.69 Å². The van der Waals surface area contributed by atoms with E-state index in [4.69, 9.17) is 4.42 Å². The molecule has 1 aliphatic heterocycles. The largest absolute Gasteiger partial charge is 0.444 e. The third kappa shape index (κ3) is 4.08. The fourth-order valence-corrected chi connectivity index (χ4v) is 3.26. The van der Waals surface area contributed by atoms with Crippen molar-refractivity contribution in [3.63, 3.8) is 0 Å². The van der Waals surface area contributed by atoms with E-state index >= 15 is 0 Å². The van der Waals surface area contributed by atoms with Crippen molar-refractivity contribution < 1.29 is 14.3 Å². The van der Waals surface area contributed by atoms with Crippen LogP contribution >= 0.6 is 0 Å². The van der Waals surface area contributed by atoms with E-state index in [0.717, 1.165) is 16.9 Å². The Morgan fingerprint density at radius 2 is 2.08 bits per heavy atom. The third-order valence-electron chi connectivity index (χ3n) is 4.58. The summed E-state index contributed by atoms with van der Waals surface area (Å²) in [5, 5.41) is 12.9. The molecule has 1 saturated heterocycles. The monoisotopic (exact) mass is 343 g/mol. The highest BCUT2D eigenvalue weighted by Crippen LogP contribution is 2.27. The number of nitrogens with one attached hydrogen (secondary N) is 1. The maximum atomic E-state index is 12.6. The summed E-state index contributed by atoms with van der Waals surface area (Å²) in [7, 11) is 0. The van der Waals surface area contributed by atoms with Crippen molar-refractivity contribution in [2.45, 2.75) is 51.4 Å². The second-order valence-corrected chi connectivity index (χ2v) is 7.51. The van der Waals surface area contributed by atoms with Gasteiger partial charge in [-0.2, -0.15) is 0 Å². The second-order valence-electron chi connectivity index (χ2n) is 7.51. The molecule has 1 aliphatic rings. The van der Waals surface area contributed by atoms with Gasteiger partial charge in [-0.25, -0.2) is 4.98 Å². The van der Waals surface area contributed by atoms with Gasteiger partial charge in [0, 0.05) is 24.2 Å². The maximum Gasteiger partial charge on any atom is 0.237 e. The lowest BCUT2D eigenvalue weighted by Gasteiger charge is -2.36. The number of hydrogen-bond donors (Lipinski definition) is 2. The molecule has 25 heavy (non-hydrogen) atoms. The van der Waals surface area contributed by atoms with Crippen LogP contribution in [-0.2, 0) is 11.3 Å². The first kappa shape index (κ1) is 17.6. The van der Waals surface area contributed by atoms with Gasteiger partial charge in [-0.05, 0) is 32.8 Å². The SMILES string of the molecule is CC(C)(C)N1C[C@H](O)C[C@H]1C(=O)NCc1ccc(-c2cnco2)cc1. The molecule has 0 unspecified atom stereocenters. The van der Waals surface area contributed by atoms with Crippen molar-refractivity contribution >= 4 is 5.91 Å². The molecule has 1 aromatic carbocycles. The zero-order chi connectivity index (χ0) is 18.0. The van der Waals surface area contributed by atoms with Crippen molar-refractivity contribution in [3.8, 4) is 11.3 Å². The van der Waals surface area contributed by atoms with Crippen molar-refractivity contribution in [1.29, 1.82) is 0 Å². The van der Waals surface area contributed by atoms with Crippen LogP contribution in [0.4, 0.5) is 0 Å². The molecule has 2 aromatic rings. The number of likely N-dealkylation sites (tertiary alicyclic amines) is 1. The molecule has 6 nitrogen and oxygen atoms in total. The number of oxazole rings is 1. The summed E-state index contributed by atoms with van der Waals surface area (Å²) in [6.45, 7) is 7.18. The molecule has 1 amide bonds. The number of rotatable bonds is 4. The summed E-state index contributed by atoms with van der Waals surface area (Å²) in [4.78, 5) is 18.6. The Kier molecular flexibility index (Phi) is 4.92. The van der Waals surface area contributed by atoms with Gasteiger partial charge >= 0.3 is 0 Å². The van der Waals surface area contributed by atoms with Crippen LogP contribution < -0.4 is 5.32 Å². The number of amides is 1. The summed E-state index contributed by atoms with van der Waals surface area (Å²) in [6.07, 6.45) is 3.10. The van der Waals surface area contributed by atoms with E-state index in [2.05, 4.69) is 36.0 Å². The van der Waals surface area contributed by atoms with Crippen LogP contribution in [0.5, 0.6) is 0 Å². The van der Waals surface area contributed by atoms with E-state index in [9.17, 15) is 9.90 Å². The van der Waals surface area contributed by atoms with Crippen molar-refractivity contribution in [3.05, 3.63) is 42.4 Å². The molecule has 2 N–H and O–H groups in total. The van der Waals surface area contributed by atoms with Gasteiger partial charge in [-0.15, -0.1) is 0 Å². The number of aliphatic hydroxyl groups excluding tert-OH is 1. The lowest BCUT2D eigenvalue weighted by atomic mass is 10.0. The molecular formula is C19H25N3O3. The van der Waals surface area contributed by atoms with Gasteiger partial charge in [0.15, 0.2) is 12.2 Å². The molecule has 0 bridgehead atoms. The van der Waals surface area contributed by atoms with Crippen LogP contribution in [0.1, 0.15) is 32.8 Å². The molecule has 6 heteroatoms. The molecule has 3 rings (SSSR count). The maximum absolute atomic E-state index is 12.6. The first-order valence-electron chi connectivity index (χ1n) is 8.55. The first-order valence-corrected chi connectivity index (χ1v) is 8.55. The predicted molar refractivity (Wildman–Crippen MR) is 94.7 cm³/mol. The van der Waals surface area contributed by atoms with E-state index in [1.165, 1.54) is 6.39 Å². The summed E-state index contributed by atoms with van der Waals surface area (Å²) < 4.78 is 5.27. The highest BCUT2D eigenvalue weighted by atomic mass is 16.3. The third-order valence-corrected chi connectivity index (χ3v) is 4.58. The topological polar surface area (TPSA) is 78.6 Å². The smallest absolute Gasteiger partial charge is 0.237 e. The molecule has 0 spiro atoms. The quantitative estimate of drug-likeness (QED) is 0.890. The number of benzene rings is 1. The van der Waals surface area contributed by atoms with Crippen LogP contribution in [0.25, 0.3) is 11.3 Å². The van der Waals surface area contributed by atoms with E-state index in [1.807, 2.05) is 24.3 Å². The molecule has 1 aromatic heterocycles. The first-order chi connectivity index (χ1) is 11.8. The van der Waals surface area contributed by atoms with Crippen LogP contribution in [0.3, 0.4) is 0 Å². The Morgan fingerprint density at radius 3 is 2.68 bits per heavy atom. The molecular weight excluding hydrogens is 318 g/mol. The fourth-order valence-electron chi connectivity index (χ4n) is 3.26. The zero-order valence-corrected chi connectivity index (χ0v) is 14.9. The van der Waals surface area contributed by atoms with Crippen LogP contribution in [0, 0.1) is 0 Å². The number of hydrogen-bond acceptors (Lipinski definition) is 5. The fraction of sp³-hybridized carbons (Fsp3) is 0.474. The Labute approximate surface area is 147 Å². The molecule has 1 fully saturated rings. The Hall–Kier alpha value is -2.18. The normalized spacial score (nSPS) is 21.4. The van der Waals surface area contributed by atoms with Gasteiger partial charge in [-0.1, -0.05) is 24.3 Å². The average molecular weight is 343 g/mol. The van der Waals surface area contributed by atoms with Gasteiger partial charge in [0.05, 0.1) is 18.3 Å². The van der Waals surface area contributed by atoms with Crippen LogP contribution in [0.15, 0.2) is 41.3 Å². The summed E-state index contributed by atoms with van der Waals surface area (Å²) >= 11 is 0. The van der Waals surface area contributed by atoms with E-state index in [0.29, 0.717) is 19.5 Å². The standard InChI is InChI=1S/C19H25N3O3/c1-19(2,3)22-11-15(23)8-16(22)18(24)21-9-13-4-6-14(7-5-13)17-10-20-12-25-17/h4-7,10,12,15-16,23H,8-9,11H2,1-3H3,(H,21,24)/t15-,16+/m1/s1. The Bertz CT molecular complexity index is 705. The van der Waals surface area contributed by atoms with Crippen molar-refractivity contribution in [2.75, 3.05) is 6.54 Å². The Morgan fingerprint density at radius 1 is 1.36 bits per heavy atom.